The van der Waals surface area contributed by atoms with Crippen LogP contribution < -0.4 is 16.2 Å². The number of hydrogen-bond donors (Lipinski definition) is 2. The van der Waals surface area contributed by atoms with Gasteiger partial charge in [-0.15, -0.1) is 0 Å². The third-order valence-electron chi connectivity index (χ3n) is 6.25. The second-order valence-electron chi connectivity index (χ2n) is 8.89. The summed E-state index contributed by atoms with van der Waals surface area (Å²) in [5, 5.41) is 5.84. The first-order valence-corrected chi connectivity index (χ1v) is 11.0. The number of urea groups is 1. The molecule has 2 aromatic heterocycles. The molecule has 0 saturated carbocycles. The minimum atomic E-state index is -0.610. The summed E-state index contributed by atoms with van der Waals surface area (Å²) in [5.41, 5.74) is 1.02. The van der Waals surface area contributed by atoms with Crippen molar-refractivity contribution in [1.82, 2.24) is 20.1 Å². The number of nitrogens with one attached hydrogen (secondary N) is 2. The number of carbonyl (C=O) groups excluding carboxylic acids is 2. The third kappa shape index (κ3) is 4.68. The van der Waals surface area contributed by atoms with E-state index in [0.717, 1.165) is 17.9 Å². The Labute approximate surface area is 181 Å². The smallest absolute Gasteiger partial charge is 0.318 e. The maximum absolute atomic E-state index is 13.0. The summed E-state index contributed by atoms with van der Waals surface area (Å²) in [6.07, 6.45) is 3.19. The summed E-state index contributed by atoms with van der Waals surface area (Å²) < 4.78 is 7.13. The molecule has 8 heteroatoms. The van der Waals surface area contributed by atoms with Crippen LogP contribution in [0.2, 0.25) is 0 Å². The number of fused-ring (bicyclic) bond motifs is 4. The van der Waals surface area contributed by atoms with Gasteiger partial charge in [-0.25, -0.2) is 4.79 Å². The van der Waals surface area contributed by atoms with Gasteiger partial charge < -0.3 is 24.5 Å². The number of nitrogens with zero attached hydrogens (tertiary/aromatic N) is 2. The molecular formula is C23H30N4O4. The lowest BCUT2D eigenvalue weighted by Gasteiger charge is -2.43. The maximum atomic E-state index is 13.0. The highest BCUT2D eigenvalue weighted by atomic mass is 16.3. The van der Waals surface area contributed by atoms with E-state index in [0.29, 0.717) is 32.6 Å². The molecule has 166 valence electrons. The minimum absolute atomic E-state index is 0.0243. The van der Waals surface area contributed by atoms with E-state index < -0.39 is 6.04 Å². The predicted octanol–water partition coefficient (Wildman–Crippen LogP) is 1.95. The molecule has 3 atom stereocenters. The fourth-order valence-corrected chi connectivity index (χ4v) is 4.70. The summed E-state index contributed by atoms with van der Waals surface area (Å²) in [6, 6.07) is 8.21. The summed E-state index contributed by atoms with van der Waals surface area (Å²) >= 11 is 0. The molecule has 2 aliphatic rings. The molecule has 0 spiro atoms. The number of likely N-dealkylation sites (tertiary alicyclic amines) is 1. The third-order valence-corrected chi connectivity index (χ3v) is 6.25. The van der Waals surface area contributed by atoms with Crippen molar-refractivity contribution in [1.29, 1.82) is 0 Å². The lowest BCUT2D eigenvalue weighted by atomic mass is 9.83. The molecule has 0 aliphatic carbocycles. The standard InChI is InChI=1S/C23H30N4O4/c1-15(2)21(22(29)24-9-8-18-5-4-10-31-18)25-23(30)26-12-16-11-17(14-26)19-6-3-7-20(28)27(19)13-16/h3-7,10,15-17,21H,8-9,11-14H2,1-2H3,(H,24,29)(H,25,30). The van der Waals surface area contributed by atoms with Crippen molar-refractivity contribution in [3.05, 3.63) is 58.4 Å². The van der Waals surface area contributed by atoms with Crippen LogP contribution in [0.25, 0.3) is 0 Å². The van der Waals surface area contributed by atoms with Gasteiger partial charge in [-0.3, -0.25) is 9.59 Å². The molecule has 31 heavy (non-hydrogen) atoms. The number of hydrogen-bond acceptors (Lipinski definition) is 4. The second kappa shape index (κ2) is 8.99. The van der Waals surface area contributed by atoms with Gasteiger partial charge in [0.2, 0.25) is 5.91 Å². The van der Waals surface area contributed by atoms with Gasteiger partial charge in [0.25, 0.3) is 5.56 Å². The first-order valence-electron chi connectivity index (χ1n) is 11.0. The molecule has 2 aliphatic heterocycles. The second-order valence-corrected chi connectivity index (χ2v) is 8.89. The first-order chi connectivity index (χ1) is 14.9. The van der Waals surface area contributed by atoms with E-state index in [4.69, 9.17) is 4.42 Å². The van der Waals surface area contributed by atoms with Gasteiger partial charge in [-0.2, -0.15) is 0 Å². The highest BCUT2D eigenvalue weighted by Gasteiger charge is 2.37. The van der Waals surface area contributed by atoms with E-state index in [2.05, 4.69) is 10.6 Å². The topological polar surface area (TPSA) is 96.6 Å². The maximum Gasteiger partial charge on any atom is 0.318 e. The number of pyridine rings is 1. The molecule has 1 saturated heterocycles. The van der Waals surface area contributed by atoms with Crippen LogP contribution >= 0.6 is 0 Å². The fraction of sp³-hybridized carbons (Fsp3) is 0.522. The van der Waals surface area contributed by atoms with Gasteiger partial charge in [-0.05, 0) is 36.5 Å². The highest BCUT2D eigenvalue weighted by Crippen LogP contribution is 2.34. The average molecular weight is 427 g/mol. The van der Waals surface area contributed by atoms with Crippen LogP contribution in [0.1, 0.15) is 37.6 Å². The number of carbonyl (C=O) groups is 2. The summed E-state index contributed by atoms with van der Waals surface area (Å²) in [4.78, 5) is 39.7. The Balaban J connectivity index is 1.37. The molecular weight excluding hydrogens is 396 g/mol. The zero-order valence-electron chi connectivity index (χ0n) is 18.0. The molecule has 0 radical (unpaired) electrons. The van der Waals surface area contributed by atoms with Gasteiger partial charge in [-0.1, -0.05) is 19.9 Å². The number of amides is 3. The Morgan fingerprint density at radius 2 is 2.00 bits per heavy atom. The lowest BCUT2D eigenvalue weighted by molar-refractivity contribution is -0.123. The number of piperidine rings is 1. The monoisotopic (exact) mass is 426 g/mol. The predicted molar refractivity (Wildman–Crippen MR) is 116 cm³/mol. The van der Waals surface area contributed by atoms with E-state index in [1.807, 2.05) is 36.6 Å². The van der Waals surface area contributed by atoms with Crippen molar-refractivity contribution >= 4 is 11.9 Å². The van der Waals surface area contributed by atoms with Crippen molar-refractivity contribution in [3.8, 4) is 0 Å². The van der Waals surface area contributed by atoms with E-state index in [9.17, 15) is 14.4 Å². The van der Waals surface area contributed by atoms with Crippen molar-refractivity contribution in [2.24, 2.45) is 11.8 Å². The van der Waals surface area contributed by atoms with Crippen LogP contribution in [0.3, 0.4) is 0 Å². The zero-order chi connectivity index (χ0) is 22.0. The van der Waals surface area contributed by atoms with Crippen LogP contribution in [-0.4, -0.2) is 47.1 Å². The summed E-state index contributed by atoms with van der Waals surface area (Å²) in [5.74, 6) is 0.966. The van der Waals surface area contributed by atoms with Crippen LogP contribution in [0, 0.1) is 11.8 Å². The lowest BCUT2D eigenvalue weighted by Crippen LogP contribution is -2.57. The summed E-state index contributed by atoms with van der Waals surface area (Å²) in [6.45, 7) is 6.07. The zero-order valence-corrected chi connectivity index (χ0v) is 18.0. The largest absolute Gasteiger partial charge is 0.469 e. The SMILES string of the molecule is CC(C)C(NC(=O)N1CC2CC(C1)c1cccc(=O)n1C2)C(=O)NCCc1ccco1. The Bertz CT molecular complexity index is 982. The van der Waals surface area contributed by atoms with Crippen LogP contribution in [0.15, 0.2) is 45.8 Å². The van der Waals surface area contributed by atoms with Crippen LogP contribution in [0.4, 0.5) is 4.79 Å². The molecule has 4 rings (SSSR count). The molecule has 4 heterocycles. The van der Waals surface area contributed by atoms with Gasteiger partial charge >= 0.3 is 6.03 Å². The molecule has 8 nitrogen and oxygen atoms in total. The van der Waals surface area contributed by atoms with Gasteiger partial charge in [0.05, 0.1) is 6.26 Å². The Kier molecular flexibility index (Phi) is 6.15. The summed E-state index contributed by atoms with van der Waals surface area (Å²) in [7, 11) is 0. The molecule has 0 aromatic carbocycles. The van der Waals surface area contributed by atoms with Crippen molar-refractivity contribution < 1.29 is 14.0 Å². The molecule has 3 unspecified atom stereocenters. The molecule has 1 fully saturated rings. The Morgan fingerprint density at radius 1 is 1.16 bits per heavy atom. The van der Waals surface area contributed by atoms with Crippen LogP contribution in [-0.2, 0) is 17.8 Å². The average Bonchev–Trinajstić information content (AvgIpc) is 3.25. The van der Waals surface area contributed by atoms with Gasteiger partial charge in [0.15, 0.2) is 0 Å². The number of rotatable bonds is 6. The van der Waals surface area contributed by atoms with E-state index in [-0.39, 0.29) is 35.3 Å². The molecule has 2 N–H and O–H groups in total. The fourth-order valence-electron chi connectivity index (χ4n) is 4.70. The Morgan fingerprint density at radius 3 is 2.74 bits per heavy atom. The van der Waals surface area contributed by atoms with Gasteiger partial charge in [0, 0.05) is 50.3 Å². The van der Waals surface area contributed by atoms with Crippen molar-refractivity contribution in [2.75, 3.05) is 19.6 Å². The number of furan rings is 1. The van der Waals surface area contributed by atoms with Crippen LogP contribution in [0.5, 0.6) is 0 Å². The molecule has 2 aromatic rings. The normalized spacial score (nSPS) is 20.8. The van der Waals surface area contributed by atoms with E-state index in [1.165, 1.54) is 0 Å². The van der Waals surface area contributed by atoms with E-state index >= 15 is 0 Å². The van der Waals surface area contributed by atoms with E-state index in [1.54, 1.807) is 23.3 Å². The quantitative estimate of drug-likeness (QED) is 0.738. The highest BCUT2D eigenvalue weighted by molar-refractivity contribution is 5.87. The number of aromatic nitrogens is 1. The Hall–Kier alpha value is -3.03. The van der Waals surface area contributed by atoms with Crippen molar-refractivity contribution in [3.63, 3.8) is 0 Å². The first kappa shape index (κ1) is 21.2. The van der Waals surface area contributed by atoms with Gasteiger partial charge in [0.1, 0.15) is 11.8 Å². The molecule has 2 bridgehead atoms. The van der Waals surface area contributed by atoms with Crippen molar-refractivity contribution in [2.45, 2.75) is 45.2 Å². The molecule has 3 amide bonds. The minimum Gasteiger partial charge on any atom is -0.469 e.